The van der Waals surface area contributed by atoms with E-state index in [4.69, 9.17) is 11.6 Å². The van der Waals surface area contributed by atoms with Crippen molar-refractivity contribution in [1.29, 1.82) is 0 Å². The van der Waals surface area contributed by atoms with Gasteiger partial charge in [0.1, 0.15) is 0 Å². The number of nitrogens with one attached hydrogen (secondary N) is 1. The Bertz CT molecular complexity index is 521. The second-order valence-electron chi connectivity index (χ2n) is 5.65. The van der Waals surface area contributed by atoms with E-state index >= 15 is 0 Å². The van der Waals surface area contributed by atoms with Gasteiger partial charge in [0.2, 0.25) is 0 Å². The van der Waals surface area contributed by atoms with Gasteiger partial charge in [0, 0.05) is 17.1 Å². The molecular formula is C19H24ClN. The maximum absolute atomic E-state index is 5.99. The van der Waals surface area contributed by atoms with Crippen molar-refractivity contribution in [3.05, 3.63) is 70.7 Å². The van der Waals surface area contributed by atoms with Crippen LogP contribution in [0.3, 0.4) is 0 Å². The van der Waals surface area contributed by atoms with Crippen molar-refractivity contribution in [2.75, 3.05) is 0 Å². The highest BCUT2D eigenvalue weighted by Crippen LogP contribution is 2.21. The zero-order valence-electron chi connectivity index (χ0n) is 12.9. The minimum absolute atomic E-state index is 0.394. The third-order valence-electron chi connectivity index (χ3n) is 3.72. The summed E-state index contributed by atoms with van der Waals surface area (Å²) in [7, 11) is 0. The fourth-order valence-corrected chi connectivity index (χ4v) is 2.83. The van der Waals surface area contributed by atoms with E-state index in [0.29, 0.717) is 12.1 Å². The summed E-state index contributed by atoms with van der Waals surface area (Å²) in [6, 6.07) is 19.7. The summed E-state index contributed by atoms with van der Waals surface area (Å²) in [6.07, 6.45) is 3.35. The largest absolute Gasteiger partial charge is 0.307 e. The first-order chi connectivity index (χ1) is 10.2. The molecule has 1 N–H and O–H groups in total. The van der Waals surface area contributed by atoms with E-state index in [9.17, 15) is 0 Å². The second-order valence-corrected chi connectivity index (χ2v) is 6.09. The van der Waals surface area contributed by atoms with Crippen LogP contribution in [-0.4, -0.2) is 6.04 Å². The molecule has 0 fully saturated rings. The zero-order chi connectivity index (χ0) is 15.1. The summed E-state index contributed by atoms with van der Waals surface area (Å²) in [4.78, 5) is 0. The number of halogens is 1. The lowest BCUT2D eigenvalue weighted by Crippen LogP contribution is -2.32. The monoisotopic (exact) mass is 301 g/mol. The lowest BCUT2D eigenvalue weighted by atomic mass is 9.99. The first-order valence-corrected chi connectivity index (χ1v) is 8.12. The lowest BCUT2D eigenvalue weighted by molar-refractivity contribution is 0.429. The summed E-state index contributed by atoms with van der Waals surface area (Å²) >= 11 is 5.99. The maximum atomic E-state index is 5.99. The molecule has 0 aliphatic carbocycles. The molecule has 0 aliphatic rings. The van der Waals surface area contributed by atoms with Crippen LogP contribution >= 0.6 is 11.6 Å². The summed E-state index contributed by atoms with van der Waals surface area (Å²) in [6.45, 7) is 4.48. The summed E-state index contributed by atoms with van der Waals surface area (Å²) < 4.78 is 0. The topological polar surface area (TPSA) is 12.0 Å². The van der Waals surface area contributed by atoms with E-state index in [1.165, 1.54) is 17.5 Å². The molecule has 0 spiro atoms. The molecule has 2 atom stereocenters. The molecule has 2 heteroatoms. The molecular weight excluding hydrogens is 278 g/mol. The molecule has 0 saturated carbocycles. The van der Waals surface area contributed by atoms with Gasteiger partial charge in [-0.25, -0.2) is 0 Å². The Kier molecular flexibility index (Phi) is 6.28. The Labute approximate surface area is 133 Å². The third-order valence-corrected chi connectivity index (χ3v) is 3.97. The molecule has 2 unspecified atom stereocenters. The fraction of sp³-hybridized carbons (Fsp3) is 0.368. The molecule has 2 aromatic rings. The van der Waals surface area contributed by atoms with Crippen LogP contribution in [0.4, 0.5) is 0 Å². The van der Waals surface area contributed by atoms with E-state index in [0.717, 1.165) is 17.9 Å². The van der Waals surface area contributed by atoms with Gasteiger partial charge in [-0.2, -0.15) is 0 Å². The van der Waals surface area contributed by atoms with Gasteiger partial charge in [-0.1, -0.05) is 67.4 Å². The van der Waals surface area contributed by atoms with Gasteiger partial charge in [-0.15, -0.1) is 0 Å². The van der Waals surface area contributed by atoms with Crippen molar-refractivity contribution in [1.82, 2.24) is 5.32 Å². The van der Waals surface area contributed by atoms with Crippen molar-refractivity contribution in [2.45, 2.75) is 45.2 Å². The molecule has 2 aromatic carbocycles. The van der Waals surface area contributed by atoms with Crippen molar-refractivity contribution < 1.29 is 0 Å². The third kappa shape index (κ3) is 5.18. The Hall–Kier alpha value is -1.31. The van der Waals surface area contributed by atoms with Gasteiger partial charge in [0.15, 0.2) is 0 Å². The van der Waals surface area contributed by atoms with Crippen LogP contribution in [0.2, 0.25) is 5.02 Å². The SMILES string of the molecule is CCCC(NC(C)Cc1ccccc1)c1ccc(Cl)cc1. The van der Waals surface area contributed by atoms with E-state index in [1.54, 1.807) is 0 Å². The molecule has 0 radical (unpaired) electrons. The van der Waals surface area contributed by atoms with E-state index in [2.05, 4.69) is 61.6 Å². The molecule has 0 bridgehead atoms. The molecule has 21 heavy (non-hydrogen) atoms. The summed E-state index contributed by atoms with van der Waals surface area (Å²) in [5, 5.41) is 4.56. The highest BCUT2D eigenvalue weighted by atomic mass is 35.5. The van der Waals surface area contributed by atoms with Crippen LogP contribution < -0.4 is 5.32 Å². The summed E-state index contributed by atoms with van der Waals surface area (Å²) in [5.41, 5.74) is 2.70. The van der Waals surface area contributed by atoms with Gasteiger partial charge in [-0.05, 0) is 43.0 Å². The van der Waals surface area contributed by atoms with Crippen molar-refractivity contribution in [3.63, 3.8) is 0 Å². The number of benzene rings is 2. The van der Waals surface area contributed by atoms with Crippen LogP contribution in [0, 0.1) is 0 Å². The van der Waals surface area contributed by atoms with Crippen LogP contribution in [-0.2, 0) is 6.42 Å². The van der Waals surface area contributed by atoms with E-state index in [1.807, 2.05) is 12.1 Å². The minimum Gasteiger partial charge on any atom is -0.307 e. The summed E-state index contributed by atoms with van der Waals surface area (Å²) in [5.74, 6) is 0. The Morgan fingerprint density at radius 1 is 1.00 bits per heavy atom. The minimum atomic E-state index is 0.394. The van der Waals surface area contributed by atoms with Crippen molar-refractivity contribution in [2.24, 2.45) is 0 Å². The lowest BCUT2D eigenvalue weighted by Gasteiger charge is -2.24. The normalized spacial score (nSPS) is 13.9. The smallest absolute Gasteiger partial charge is 0.0406 e. The number of hydrogen-bond donors (Lipinski definition) is 1. The molecule has 0 heterocycles. The quantitative estimate of drug-likeness (QED) is 0.722. The van der Waals surface area contributed by atoms with Gasteiger partial charge in [0.25, 0.3) is 0 Å². The second kappa shape index (κ2) is 8.21. The molecule has 0 aliphatic heterocycles. The maximum Gasteiger partial charge on any atom is 0.0406 e. The highest BCUT2D eigenvalue weighted by Gasteiger charge is 2.13. The van der Waals surface area contributed by atoms with Crippen LogP contribution in [0.15, 0.2) is 54.6 Å². The predicted octanol–water partition coefficient (Wildman–Crippen LogP) is 5.40. The zero-order valence-corrected chi connectivity index (χ0v) is 13.6. The van der Waals surface area contributed by atoms with Crippen molar-refractivity contribution in [3.8, 4) is 0 Å². The van der Waals surface area contributed by atoms with Crippen LogP contribution in [0.5, 0.6) is 0 Å². The Morgan fingerprint density at radius 3 is 2.29 bits per heavy atom. The van der Waals surface area contributed by atoms with Gasteiger partial charge < -0.3 is 5.32 Å². The molecule has 1 nitrogen and oxygen atoms in total. The fourth-order valence-electron chi connectivity index (χ4n) is 2.70. The van der Waals surface area contributed by atoms with E-state index in [-0.39, 0.29) is 0 Å². The highest BCUT2D eigenvalue weighted by molar-refractivity contribution is 6.30. The Balaban J connectivity index is 2.00. The van der Waals surface area contributed by atoms with Gasteiger partial charge in [0.05, 0.1) is 0 Å². The first kappa shape index (κ1) is 16.1. The number of hydrogen-bond acceptors (Lipinski definition) is 1. The van der Waals surface area contributed by atoms with Crippen LogP contribution in [0.1, 0.15) is 43.9 Å². The van der Waals surface area contributed by atoms with Gasteiger partial charge in [-0.3, -0.25) is 0 Å². The van der Waals surface area contributed by atoms with Crippen molar-refractivity contribution >= 4 is 11.6 Å². The molecule has 0 amide bonds. The van der Waals surface area contributed by atoms with Crippen LogP contribution in [0.25, 0.3) is 0 Å². The average molecular weight is 302 g/mol. The number of rotatable bonds is 7. The average Bonchev–Trinajstić information content (AvgIpc) is 2.48. The molecule has 0 saturated heterocycles. The molecule has 112 valence electrons. The van der Waals surface area contributed by atoms with E-state index < -0.39 is 0 Å². The predicted molar refractivity (Wildman–Crippen MR) is 91.8 cm³/mol. The standard InChI is InChI=1S/C19H24ClN/c1-3-7-19(17-10-12-18(20)13-11-17)21-15(2)14-16-8-5-4-6-9-16/h4-6,8-13,15,19,21H,3,7,14H2,1-2H3. The first-order valence-electron chi connectivity index (χ1n) is 7.74. The molecule has 0 aromatic heterocycles. The Morgan fingerprint density at radius 2 is 1.67 bits per heavy atom. The van der Waals surface area contributed by atoms with Gasteiger partial charge >= 0.3 is 0 Å². The molecule has 2 rings (SSSR count).